The van der Waals surface area contributed by atoms with Crippen molar-refractivity contribution in [1.29, 1.82) is 0 Å². The zero-order valence-corrected chi connectivity index (χ0v) is 15.9. The number of carbonyl (C=O) groups excluding carboxylic acids is 1. The van der Waals surface area contributed by atoms with Gasteiger partial charge in [0.25, 0.3) is 0 Å². The molecule has 1 amide bonds. The van der Waals surface area contributed by atoms with Gasteiger partial charge in [-0.25, -0.2) is 0 Å². The summed E-state index contributed by atoms with van der Waals surface area (Å²) in [6.45, 7) is 0.0174. The molecule has 0 aliphatic rings. The molecule has 0 aliphatic carbocycles. The van der Waals surface area contributed by atoms with E-state index in [0.29, 0.717) is 6.54 Å². The number of H-pyrrole nitrogens is 1. The second-order valence-corrected chi connectivity index (χ2v) is 6.95. The summed E-state index contributed by atoms with van der Waals surface area (Å²) in [5.41, 5.74) is 2.05. The molecule has 2 heterocycles. The molecule has 154 valence electrons. The highest BCUT2D eigenvalue weighted by atomic mass is 19.4. The lowest BCUT2D eigenvalue weighted by Gasteiger charge is -2.18. The first-order valence-electron chi connectivity index (χ1n) is 9.40. The molecule has 0 saturated heterocycles. The Balaban J connectivity index is 1.51. The van der Waals surface area contributed by atoms with Crippen LogP contribution in [-0.4, -0.2) is 27.2 Å². The number of benzene rings is 2. The van der Waals surface area contributed by atoms with E-state index in [-0.39, 0.29) is 12.5 Å². The topological polar surface area (TPSA) is 62.7 Å². The average Bonchev–Trinajstić information content (AvgIpc) is 3.36. The summed E-state index contributed by atoms with van der Waals surface area (Å²) >= 11 is 0. The standard InChI is InChI=1S/C22H19F3N4O/c23-22(24,25)20-10-11-29(28-20)14-21(30)27-12-17(15-6-2-1-3-7-15)18-13-26-19-9-5-4-8-16(18)19/h1-11,13,17,26H,12,14H2,(H,27,30). The summed E-state index contributed by atoms with van der Waals surface area (Å²) in [5, 5.41) is 7.32. The minimum atomic E-state index is -4.53. The molecule has 4 aromatic rings. The van der Waals surface area contributed by atoms with Gasteiger partial charge in [0.15, 0.2) is 5.69 Å². The number of fused-ring (bicyclic) bond motifs is 1. The zero-order chi connectivity index (χ0) is 21.1. The number of nitrogens with one attached hydrogen (secondary N) is 2. The number of hydrogen-bond donors (Lipinski definition) is 2. The van der Waals surface area contributed by atoms with Gasteiger partial charge >= 0.3 is 6.18 Å². The summed E-state index contributed by atoms with van der Waals surface area (Å²) < 4.78 is 39.0. The molecule has 30 heavy (non-hydrogen) atoms. The van der Waals surface area contributed by atoms with E-state index in [1.54, 1.807) is 0 Å². The fraction of sp³-hybridized carbons (Fsp3) is 0.182. The van der Waals surface area contributed by atoms with Crippen molar-refractivity contribution >= 4 is 16.8 Å². The number of aromatic amines is 1. The summed E-state index contributed by atoms with van der Waals surface area (Å²) in [6, 6.07) is 18.5. The van der Waals surface area contributed by atoms with Gasteiger partial charge in [-0.3, -0.25) is 9.48 Å². The summed E-state index contributed by atoms with van der Waals surface area (Å²) in [7, 11) is 0. The molecule has 2 aromatic carbocycles. The Morgan fingerprint density at radius 1 is 1.07 bits per heavy atom. The number of nitrogens with zero attached hydrogens (tertiary/aromatic N) is 2. The van der Waals surface area contributed by atoms with E-state index >= 15 is 0 Å². The van der Waals surface area contributed by atoms with Crippen LogP contribution in [0.3, 0.4) is 0 Å². The van der Waals surface area contributed by atoms with Crippen LogP contribution in [0.4, 0.5) is 13.2 Å². The summed E-state index contributed by atoms with van der Waals surface area (Å²) in [4.78, 5) is 15.6. The van der Waals surface area contributed by atoms with Gasteiger partial charge < -0.3 is 10.3 Å². The van der Waals surface area contributed by atoms with Crippen LogP contribution in [0.5, 0.6) is 0 Å². The number of amides is 1. The predicted molar refractivity (Wildman–Crippen MR) is 107 cm³/mol. The highest BCUT2D eigenvalue weighted by molar-refractivity contribution is 5.84. The molecule has 0 bridgehead atoms. The third kappa shape index (κ3) is 4.22. The molecule has 2 aromatic heterocycles. The van der Waals surface area contributed by atoms with Crippen LogP contribution < -0.4 is 5.32 Å². The van der Waals surface area contributed by atoms with Crippen LogP contribution >= 0.6 is 0 Å². The van der Waals surface area contributed by atoms with Crippen molar-refractivity contribution in [3.8, 4) is 0 Å². The first kappa shape index (κ1) is 19.8. The second-order valence-electron chi connectivity index (χ2n) is 6.95. The fourth-order valence-corrected chi connectivity index (χ4v) is 3.49. The Morgan fingerprint density at radius 2 is 1.80 bits per heavy atom. The van der Waals surface area contributed by atoms with Crippen LogP contribution in [-0.2, 0) is 17.5 Å². The van der Waals surface area contributed by atoms with Crippen molar-refractivity contribution in [2.24, 2.45) is 0 Å². The lowest BCUT2D eigenvalue weighted by Crippen LogP contribution is -2.32. The van der Waals surface area contributed by atoms with Crippen molar-refractivity contribution < 1.29 is 18.0 Å². The minimum Gasteiger partial charge on any atom is -0.361 e. The number of rotatable bonds is 6. The molecule has 1 unspecified atom stereocenters. The number of alkyl halides is 3. The first-order valence-corrected chi connectivity index (χ1v) is 9.40. The van der Waals surface area contributed by atoms with E-state index in [1.807, 2.05) is 60.8 Å². The molecule has 0 spiro atoms. The van der Waals surface area contributed by atoms with Crippen LogP contribution in [0.25, 0.3) is 10.9 Å². The lowest BCUT2D eigenvalue weighted by molar-refractivity contribution is -0.141. The van der Waals surface area contributed by atoms with E-state index in [2.05, 4.69) is 15.4 Å². The van der Waals surface area contributed by atoms with Crippen LogP contribution in [0, 0.1) is 0 Å². The molecule has 8 heteroatoms. The Kier molecular flexibility index (Phi) is 5.31. The van der Waals surface area contributed by atoms with Gasteiger partial charge in [0, 0.05) is 35.8 Å². The maximum Gasteiger partial charge on any atom is 0.435 e. The Labute approximate surface area is 170 Å². The highest BCUT2D eigenvalue weighted by Gasteiger charge is 2.33. The molecular weight excluding hydrogens is 393 g/mol. The van der Waals surface area contributed by atoms with Crippen LogP contribution in [0.15, 0.2) is 73.1 Å². The molecule has 0 aliphatic heterocycles. The van der Waals surface area contributed by atoms with Gasteiger partial charge in [0.1, 0.15) is 6.54 Å². The van der Waals surface area contributed by atoms with Crippen LogP contribution in [0.1, 0.15) is 22.7 Å². The Morgan fingerprint density at radius 3 is 2.53 bits per heavy atom. The number of aromatic nitrogens is 3. The SMILES string of the molecule is O=C(Cn1ccc(C(F)(F)F)n1)NCC(c1ccccc1)c1c[nH]c2ccccc12. The number of hydrogen-bond acceptors (Lipinski definition) is 2. The third-order valence-electron chi connectivity index (χ3n) is 4.94. The number of carbonyl (C=O) groups is 1. The van der Waals surface area contributed by atoms with Crippen molar-refractivity contribution in [2.75, 3.05) is 6.54 Å². The van der Waals surface area contributed by atoms with Crippen LogP contribution in [0.2, 0.25) is 0 Å². The molecule has 4 rings (SSSR count). The van der Waals surface area contributed by atoms with Crippen molar-refractivity contribution in [3.63, 3.8) is 0 Å². The number of halogens is 3. The minimum absolute atomic E-state index is 0.116. The molecule has 5 nitrogen and oxygen atoms in total. The largest absolute Gasteiger partial charge is 0.435 e. The van der Waals surface area contributed by atoms with E-state index in [4.69, 9.17) is 0 Å². The maximum absolute atomic E-state index is 12.7. The number of para-hydroxylation sites is 1. The smallest absolute Gasteiger partial charge is 0.361 e. The molecule has 0 saturated carbocycles. The molecule has 0 radical (unpaired) electrons. The van der Waals surface area contributed by atoms with Gasteiger partial charge in [-0.1, -0.05) is 48.5 Å². The molecular formula is C22H19F3N4O. The van der Waals surface area contributed by atoms with Crippen molar-refractivity contribution in [3.05, 3.63) is 89.9 Å². The maximum atomic E-state index is 12.7. The average molecular weight is 412 g/mol. The van der Waals surface area contributed by atoms with E-state index in [1.165, 1.54) is 0 Å². The normalized spacial score (nSPS) is 12.8. The van der Waals surface area contributed by atoms with Gasteiger partial charge in [0.2, 0.25) is 5.91 Å². The highest BCUT2D eigenvalue weighted by Crippen LogP contribution is 2.30. The predicted octanol–water partition coefficient (Wildman–Crippen LogP) is 4.33. The lowest BCUT2D eigenvalue weighted by atomic mass is 9.91. The Hall–Kier alpha value is -3.55. The molecule has 2 N–H and O–H groups in total. The van der Waals surface area contributed by atoms with E-state index in [9.17, 15) is 18.0 Å². The molecule has 1 atom stereocenters. The molecule has 0 fully saturated rings. The summed E-state index contributed by atoms with van der Waals surface area (Å²) in [5.74, 6) is -0.526. The van der Waals surface area contributed by atoms with E-state index in [0.717, 1.165) is 39.0 Å². The fourth-order valence-electron chi connectivity index (χ4n) is 3.49. The zero-order valence-electron chi connectivity index (χ0n) is 15.9. The summed E-state index contributed by atoms with van der Waals surface area (Å²) in [6.07, 6.45) is -1.45. The van der Waals surface area contributed by atoms with Gasteiger partial charge in [-0.05, 0) is 23.3 Å². The monoisotopic (exact) mass is 412 g/mol. The van der Waals surface area contributed by atoms with Gasteiger partial charge in [-0.2, -0.15) is 18.3 Å². The van der Waals surface area contributed by atoms with E-state index < -0.39 is 17.8 Å². The third-order valence-corrected chi connectivity index (χ3v) is 4.94. The quantitative estimate of drug-likeness (QED) is 0.495. The second kappa shape index (κ2) is 8.06. The van der Waals surface area contributed by atoms with Gasteiger partial charge in [-0.15, -0.1) is 0 Å². The van der Waals surface area contributed by atoms with Crippen molar-refractivity contribution in [2.45, 2.75) is 18.6 Å². The first-order chi connectivity index (χ1) is 14.4. The van der Waals surface area contributed by atoms with Gasteiger partial charge in [0.05, 0.1) is 0 Å². The Bertz CT molecular complexity index is 1150. The van der Waals surface area contributed by atoms with Crippen molar-refractivity contribution in [1.82, 2.24) is 20.1 Å².